The molecule has 2 aliphatic heterocycles. The number of aromatic nitrogens is 1. The van der Waals surface area contributed by atoms with Crippen molar-refractivity contribution in [2.24, 2.45) is 0 Å². The number of ether oxygens (including phenoxy) is 3. The third-order valence-electron chi connectivity index (χ3n) is 9.22. The molecule has 226 valence electrons. The first-order valence-electron chi connectivity index (χ1n) is 15.0. The van der Waals surface area contributed by atoms with Crippen LogP contribution < -0.4 is 14.2 Å². The molecule has 2 fully saturated rings. The third kappa shape index (κ3) is 5.64. The molecular formula is C32H41N3O6S. The molecule has 3 aliphatic rings. The van der Waals surface area contributed by atoms with E-state index in [0.717, 1.165) is 78.6 Å². The van der Waals surface area contributed by atoms with Crippen LogP contribution in [0.1, 0.15) is 85.0 Å². The Labute approximate surface area is 248 Å². The van der Waals surface area contributed by atoms with Crippen LogP contribution in [0.4, 0.5) is 0 Å². The summed E-state index contributed by atoms with van der Waals surface area (Å²) in [7, 11) is -2.03. The van der Waals surface area contributed by atoms with Crippen molar-refractivity contribution in [3.8, 4) is 11.5 Å². The number of rotatable bonds is 6. The first kappa shape index (κ1) is 29.0. The number of amides is 1. The average molecular weight is 596 g/mol. The van der Waals surface area contributed by atoms with Gasteiger partial charge in [0.25, 0.3) is 5.91 Å². The fourth-order valence-corrected chi connectivity index (χ4v) is 7.52. The van der Waals surface area contributed by atoms with E-state index in [0.29, 0.717) is 31.7 Å². The van der Waals surface area contributed by atoms with Gasteiger partial charge in [-0.15, -0.1) is 0 Å². The number of fused-ring (bicyclic) bond motifs is 5. The van der Waals surface area contributed by atoms with Gasteiger partial charge in [-0.05, 0) is 88.6 Å². The largest absolute Gasteiger partial charge is 0.496 e. The topological polar surface area (TPSA) is 110 Å². The number of nitrogens with zero attached hydrogens (tertiary/aromatic N) is 1. The van der Waals surface area contributed by atoms with Crippen molar-refractivity contribution in [1.29, 1.82) is 0 Å². The van der Waals surface area contributed by atoms with E-state index in [2.05, 4.69) is 33.7 Å². The van der Waals surface area contributed by atoms with Crippen LogP contribution in [-0.2, 0) is 21.3 Å². The maximum absolute atomic E-state index is 13.1. The first-order chi connectivity index (χ1) is 20.2. The number of aromatic amines is 1. The van der Waals surface area contributed by atoms with Crippen molar-refractivity contribution in [2.75, 3.05) is 26.9 Å². The average Bonchev–Trinajstić information content (AvgIpc) is 3.54. The van der Waals surface area contributed by atoms with Crippen LogP contribution in [-0.4, -0.2) is 61.9 Å². The van der Waals surface area contributed by atoms with Gasteiger partial charge in [-0.2, -0.15) is 0 Å². The summed E-state index contributed by atoms with van der Waals surface area (Å²) in [5.41, 5.74) is 4.63. The molecule has 42 heavy (non-hydrogen) atoms. The maximum Gasteiger partial charge on any atom is 0.264 e. The smallest absolute Gasteiger partial charge is 0.264 e. The Morgan fingerprint density at radius 1 is 1.17 bits per heavy atom. The zero-order valence-electron chi connectivity index (χ0n) is 24.7. The Hall–Kier alpha value is -3.08. The Bertz CT molecular complexity index is 1580. The highest BCUT2D eigenvalue weighted by Gasteiger charge is 2.51. The van der Waals surface area contributed by atoms with Gasteiger partial charge in [-0.25, -0.2) is 13.1 Å². The molecule has 2 aromatic carbocycles. The van der Waals surface area contributed by atoms with Crippen molar-refractivity contribution >= 4 is 26.8 Å². The molecule has 0 spiro atoms. The molecule has 0 unspecified atom stereocenters. The standard InChI is InChI=1S/C32H41N3O6S/c1-21-17-28(39-3)26(24-9-13-33-30(21)24)20-35-14-10-23-19-27(35)25-8-7-22(18-29(25)41-16-6-4-5-15-40-23)31(36)34-42(37,38)32(2)11-12-32/h7-9,13,17-18,23,27,33H,4-6,10-12,14-16,19-20H2,1-3H3,(H,34,36)/t23-,27-/m0/s1. The number of H-pyrrole nitrogens is 1. The molecular weight excluding hydrogens is 554 g/mol. The van der Waals surface area contributed by atoms with Crippen molar-refractivity contribution in [1.82, 2.24) is 14.6 Å². The number of piperidine rings is 1. The summed E-state index contributed by atoms with van der Waals surface area (Å²) in [5.74, 6) is 0.860. The highest BCUT2D eigenvalue weighted by molar-refractivity contribution is 7.91. The molecule has 3 heterocycles. The summed E-state index contributed by atoms with van der Waals surface area (Å²) in [6.45, 7) is 6.51. The molecule has 1 saturated carbocycles. The van der Waals surface area contributed by atoms with Crippen LogP contribution in [0.15, 0.2) is 36.5 Å². The fourth-order valence-electron chi connectivity index (χ4n) is 6.27. The van der Waals surface area contributed by atoms with Gasteiger partial charge in [0, 0.05) is 59.5 Å². The van der Waals surface area contributed by atoms with E-state index in [1.165, 1.54) is 0 Å². The number of sulfonamides is 1. The number of hydrogen-bond donors (Lipinski definition) is 2. The number of likely N-dealkylation sites (tertiary alicyclic amines) is 1. The highest BCUT2D eigenvalue weighted by atomic mass is 32.2. The minimum absolute atomic E-state index is 0.0237. The maximum atomic E-state index is 13.1. The second kappa shape index (κ2) is 11.5. The van der Waals surface area contributed by atoms with E-state index in [9.17, 15) is 13.2 Å². The van der Waals surface area contributed by atoms with Crippen molar-refractivity contribution < 1.29 is 27.4 Å². The minimum atomic E-state index is -3.75. The molecule has 1 aromatic heterocycles. The second-order valence-corrected chi connectivity index (χ2v) is 14.4. The van der Waals surface area contributed by atoms with Crippen LogP contribution >= 0.6 is 0 Å². The van der Waals surface area contributed by atoms with E-state index >= 15 is 0 Å². The zero-order valence-corrected chi connectivity index (χ0v) is 25.5. The van der Waals surface area contributed by atoms with Gasteiger partial charge in [0.05, 0.1) is 24.6 Å². The molecule has 3 aromatic rings. The molecule has 1 saturated heterocycles. The zero-order chi connectivity index (χ0) is 29.5. The Kier molecular flexibility index (Phi) is 7.97. The van der Waals surface area contributed by atoms with Gasteiger partial charge < -0.3 is 19.2 Å². The van der Waals surface area contributed by atoms with Crippen LogP contribution in [0.25, 0.3) is 10.9 Å². The van der Waals surface area contributed by atoms with Crippen LogP contribution in [0, 0.1) is 6.92 Å². The number of carbonyl (C=O) groups excluding carboxylic acids is 1. The monoisotopic (exact) mass is 595 g/mol. The molecule has 2 atom stereocenters. The molecule has 0 radical (unpaired) electrons. The minimum Gasteiger partial charge on any atom is -0.496 e. The molecule has 2 bridgehead atoms. The molecule has 6 rings (SSSR count). The summed E-state index contributed by atoms with van der Waals surface area (Å²) >= 11 is 0. The van der Waals surface area contributed by atoms with Crippen LogP contribution in [0.2, 0.25) is 0 Å². The van der Waals surface area contributed by atoms with Gasteiger partial charge in [0.2, 0.25) is 10.0 Å². The van der Waals surface area contributed by atoms with E-state index in [-0.39, 0.29) is 17.7 Å². The number of methoxy groups -OCH3 is 1. The fraction of sp³-hybridized carbons (Fsp3) is 0.531. The number of aryl methyl sites for hydroxylation is 1. The lowest BCUT2D eigenvalue weighted by molar-refractivity contribution is -0.0216. The predicted octanol–water partition coefficient (Wildman–Crippen LogP) is 5.38. The molecule has 1 amide bonds. The lowest BCUT2D eigenvalue weighted by Crippen LogP contribution is -2.40. The summed E-state index contributed by atoms with van der Waals surface area (Å²) < 4.78 is 45.5. The number of nitrogens with one attached hydrogen (secondary N) is 2. The molecule has 9 nitrogen and oxygen atoms in total. The van der Waals surface area contributed by atoms with Crippen molar-refractivity contribution in [3.63, 3.8) is 0 Å². The van der Waals surface area contributed by atoms with Gasteiger partial charge in [-0.3, -0.25) is 9.69 Å². The quantitative estimate of drug-likeness (QED) is 0.394. The molecule has 1 aliphatic carbocycles. The van der Waals surface area contributed by atoms with Crippen molar-refractivity contribution in [3.05, 3.63) is 58.8 Å². The second-order valence-electron chi connectivity index (χ2n) is 12.2. The van der Waals surface area contributed by atoms with E-state index < -0.39 is 20.7 Å². The van der Waals surface area contributed by atoms with E-state index in [4.69, 9.17) is 14.2 Å². The van der Waals surface area contributed by atoms with E-state index in [1.807, 2.05) is 12.3 Å². The number of benzene rings is 2. The van der Waals surface area contributed by atoms with Gasteiger partial charge in [0.15, 0.2) is 0 Å². The van der Waals surface area contributed by atoms with Gasteiger partial charge in [0.1, 0.15) is 11.5 Å². The van der Waals surface area contributed by atoms with Gasteiger partial charge >= 0.3 is 0 Å². The van der Waals surface area contributed by atoms with Crippen molar-refractivity contribution in [2.45, 2.75) is 82.2 Å². The van der Waals surface area contributed by atoms with Crippen LogP contribution in [0.5, 0.6) is 11.5 Å². The molecule has 10 heteroatoms. The van der Waals surface area contributed by atoms with E-state index in [1.54, 1.807) is 26.2 Å². The molecule has 2 N–H and O–H groups in total. The first-order valence-corrected chi connectivity index (χ1v) is 16.5. The highest BCUT2D eigenvalue weighted by Crippen LogP contribution is 2.43. The Morgan fingerprint density at radius 3 is 2.76 bits per heavy atom. The lowest BCUT2D eigenvalue weighted by atomic mass is 9.90. The SMILES string of the molecule is COc1cc(C)c2[nH]ccc2c1CN1CC[C@H]2C[C@H]1c1ccc(C(=O)NS(=O)(=O)C3(C)CC3)cc1OCCCCCO2. The third-order valence-corrected chi connectivity index (χ3v) is 11.4. The summed E-state index contributed by atoms with van der Waals surface area (Å²) in [4.78, 5) is 18.9. The summed E-state index contributed by atoms with van der Waals surface area (Å²) in [6, 6.07) is 9.52. The van der Waals surface area contributed by atoms with Crippen LogP contribution in [0.3, 0.4) is 0 Å². The Morgan fingerprint density at radius 2 is 1.98 bits per heavy atom. The number of hydrogen-bond acceptors (Lipinski definition) is 7. The normalized spacial score (nSPS) is 22.7. The number of carbonyl (C=O) groups is 1. The summed E-state index contributed by atoms with van der Waals surface area (Å²) in [5, 5.41) is 1.15. The summed E-state index contributed by atoms with van der Waals surface area (Å²) in [6.07, 6.45) is 7.77. The predicted molar refractivity (Wildman–Crippen MR) is 162 cm³/mol. The van der Waals surface area contributed by atoms with Gasteiger partial charge in [-0.1, -0.05) is 6.07 Å². The lowest BCUT2D eigenvalue weighted by Gasteiger charge is -2.40. The Balaban J connectivity index is 1.35.